The Bertz CT molecular complexity index is 593. The lowest BCUT2D eigenvalue weighted by molar-refractivity contribution is -0.132. The Balaban J connectivity index is 1.64. The molecule has 1 aliphatic carbocycles. The maximum atomic E-state index is 12.2. The van der Waals surface area contributed by atoms with Gasteiger partial charge in [-0.25, -0.2) is 4.98 Å². The van der Waals surface area contributed by atoms with Crippen molar-refractivity contribution in [1.29, 1.82) is 0 Å². The second kappa shape index (κ2) is 7.51. The van der Waals surface area contributed by atoms with Crippen molar-refractivity contribution in [2.45, 2.75) is 71.0 Å². The van der Waals surface area contributed by atoms with E-state index < -0.39 is 0 Å². The van der Waals surface area contributed by atoms with Crippen molar-refractivity contribution in [3.05, 3.63) is 30.0 Å². The Morgan fingerprint density at radius 3 is 2.92 bits per heavy atom. The van der Waals surface area contributed by atoms with E-state index in [4.69, 9.17) is 4.42 Å². The first-order chi connectivity index (χ1) is 11.5. The zero-order valence-corrected chi connectivity index (χ0v) is 15.1. The second-order valence-electron chi connectivity index (χ2n) is 7.32. The molecule has 2 atom stereocenters. The van der Waals surface area contributed by atoms with Gasteiger partial charge >= 0.3 is 0 Å². The van der Waals surface area contributed by atoms with Crippen LogP contribution in [0.2, 0.25) is 0 Å². The number of likely N-dealkylation sites (tertiary alicyclic amines) is 1. The fourth-order valence-corrected chi connectivity index (χ4v) is 3.73. The summed E-state index contributed by atoms with van der Waals surface area (Å²) < 4.78 is 5.80. The van der Waals surface area contributed by atoms with Gasteiger partial charge in [-0.05, 0) is 25.7 Å². The molecule has 2 unspecified atom stereocenters. The molecule has 0 aromatic carbocycles. The van der Waals surface area contributed by atoms with Crippen LogP contribution in [0.5, 0.6) is 0 Å². The predicted octanol–water partition coefficient (Wildman–Crippen LogP) is 3.33. The van der Waals surface area contributed by atoms with Crippen LogP contribution in [-0.4, -0.2) is 45.9 Å². The average molecular weight is 331 g/mol. The molecule has 2 aliphatic rings. The van der Waals surface area contributed by atoms with E-state index in [2.05, 4.69) is 35.9 Å². The Labute approximate surface area is 144 Å². The maximum absolute atomic E-state index is 12.2. The molecule has 5 nitrogen and oxygen atoms in total. The van der Waals surface area contributed by atoms with E-state index in [1.165, 1.54) is 19.3 Å². The van der Waals surface area contributed by atoms with Crippen molar-refractivity contribution >= 4 is 5.91 Å². The summed E-state index contributed by atoms with van der Waals surface area (Å²) in [6.45, 7) is 8.30. The van der Waals surface area contributed by atoms with Crippen molar-refractivity contribution < 1.29 is 9.21 Å². The summed E-state index contributed by atoms with van der Waals surface area (Å²) in [7, 11) is 0. The normalized spacial score (nSPS) is 24.7. The Morgan fingerprint density at radius 1 is 1.46 bits per heavy atom. The molecule has 1 aromatic rings. The molecule has 0 radical (unpaired) electrons. The smallest absolute Gasteiger partial charge is 0.220 e. The van der Waals surface area contributed by atoms with Gasteiger partial charge < -0.3 is 9.32 Å². The van der Waals surface area contributed by atoms with Gasteiger partial charge in [0.1, 0.15) is 5.76 Å². The molecule has 1 fully saturated rings. The summed E-state index contributed by atoms with van der Waals surface area (Å²) in [6.07, 6.45) is 11.2. The minimum absolute atomic E-state index is 0.102. The van der Waals surface area contributed by atoms with Gasteiger partial charge in [-0.15, -0.1) is 0 Å². The molecule has 0 N–H and O–H groups in total. The molecular weight excluding hydrogens is 302 g/mol. The zero-order chi connectivity index (χ0) is 17.1. The highest BCUT2D eigenvalue weighted by atomic mass is 16.4. The van der Waals surface area contributed by atoms with Gasteiger partial charge in [-0.1, -0.05) is 26.0 Å². The van der Waals surface area contributed by atoms with Gasteiger partial charge in [0, 0.05) is 38.0 Å². The molecule has 1 aliphatic heterocycles. The van der Waals surface area contributed by atoms with Gasteiger partial charge in [0.05, 0.1) is 12.7 Å². The summed E-state index contributed by atoms with van der Waals surface area (Å²) in [5, 5.41) is 0. The van der Waals surface area contributed by atoms with Crippen molar-refractivity contribution in [3.63, 3.8) is 0 Å². The van der Waals surface area contributed by atoms with Crippen LogP contribution in [-0.2, 0) is 11.3 Å². The molecule has 3 rings (SSSR count). The lowest BCUT2D eigenvalue weighted by atomic mass is 10.0. The number of hydrogen-bond acceptors (Lipinski definition) is 4. The second-order valence-corrected chi connectivity index (χ2v) is 7.32. The molecule has 132 valence electrons. The van der Waals surface area contributed by atoms with Crippen LogP contribution in [0, 0.1) is 0 Å². The maximum Gasteiger partial charge on any atom is 0.220 e. The standard InChI is InChI=1S/C19H29N3O2/c1-14(2)18-11-20-19(24-18)13-22(15(3)23)17-9-10-21(12-17)16-7-5-4-6-8-16/h5,7,11,14,16-17H,4,6,8-10,12-13H2,1-3H3. The lowest BCUT2D eigenvalue weighted by Crippen LogP contribution is -2.42. The van der Waals surface area contributed by atoms with E-state index in [-0.39, 0.29) is 11.9 Å². The number of carbonyl (C=O) groups is 1. The minimum atomic E-state index is 0.102. The molecule has 1 amide bonds. The number of nitrogens with zero attached hydrogens (tertiary/aromatic N) is 3. The van der Waals surface area contributed by atoms with Gasteiger partial charge in [0.15, 0.2) is 0 Å². The molecule has 0 spiro atoms. The molecular formula is C19H29N3O2. The first-order valence-corrected chi connectivity index (χ1v) is 9.17. The number of hydrogen-bond donors (Lipinski definition) is 0. The summed E-state index contributed by atoms with van der Waals surface area (Å²) in [4.78, 5) is 21.0. The Hall–Kier alpha value is -1.62. The number of carbonyl (C=O) groups excluding carboxylic acids is 1. The number of rotatable bonds is 5. The van der Waals surface area contributed by atoms with Crippen LogP contribution >= 0.6 is 0 Å². The number of amides is 1. The Morgan fingerprint density at radius 2 is 2.29 bits per heavy atom. The molecule has 0 bridgehead atoms. The summed E-state index contributed by atoms with van der Waals surface area (Å²) in [5.41, 5.74) is 0. The monoisotopic (exact) mass is 331 g/mol. The van der Waals surface area contributed by atoms with Crippen LogP contribution < -0.4 is 0 Å². The number of oxazole rings is 1. The quantitative estimate of drug-likeness (QED) is 0.777. The molecule has 2 heterocycles. The SMILES string of the molecule is CC(=O)N(Cc1ncc(C(C)C)o1)C1CCN(C2C=CCCC2)C1. The van der Waals surface area contributed by atoms with Crippen LogP contribution in [0.4, 0.5) is 0 Å². The molecule has 0 saturated carbocycles. The topological polar surface area (TPSA) is 49.6 Å². The Kier molecular flexibility index (Phi) is 5.39. The molecule has 24 heavy (non-hydrogen) atoms. The highest BCUT2D eigenvalue weighted by Crippen LogP contribution is 2.25. The summed E-state index contributed by atoms with van der Waals surface area (Å²) in [6, 6.07) is 0.805. The molecule has 5 heteroatoms. The van der Waals surface area contributed by atoms with Crippen molar-refractivity contribution in [3.8, 4) is 0 Å². The van der Waals surface area contributed by atoms with E-state index in [0.29, 0.717) is 24.4 Å². The molecule has 1 aromatic heterocycles. The average Bonchev–Trinajstić information content (AvgIpc) is 3.23. The number of allylic oxidation sites excluding steroid dienone is 1. The molecule has 1 saturated heterocycles. The van der Waals surface area contributed by atoms with E-state index in [1.54, 1.807) is 13.1 Å². The first kappa shape index (κ1) is 17.2. The van der Waals surface area contributed by atoms with Crippen LogP contribution in [0.1, 0.15) is 64.0 Å². The minimum Gasteiger partial charge on any atom is -0.444 e. The largest absolute Gasteiger partial charge is 0.444 e. The lowest BCUT2D eigenvalue weighted by Gasteiger charge is -2.30. The third-order valence-corrected chi connectivity index (χ3v) is 5.18. The van der Waals surface area contributed by atoms with E-state index >= 15 is 0 Å². The third-order valence-electron chi connectivity index (χ3n) is 5.18. The fourth-order valence-electron chi connectivity index (χ4n) is 3.73. The van der Waals surface area contributed by atoms with Crippen LogP contribution in [0.3, 0.4) is 0 Å². The summed E-state index contributed by atoms with van der Waals surface area (Å²) >= 11 is 0. The summed E-state index contributed by atoms with van der Waals surface area (Å²) in [5.74, 6) is 1.95. The van der Waals surface area contributed by atoms with Gasteiger partial charge in [0.25, 0.3) is 0 Å². The highest BCUT2D eigenvalue weighted by Gasteiger charge is 2.33. The third kappa shape index (κ3) is 3.89. The van der Waals surface area contributed by atoms with Crippen molar-refractivity contribution in [2.24, 2.45) is 0 Å². The van der Waals surface area contributed by atoms with Gasteiger partial charge in [-0.2, -0.15) is 0 Å². The number of aromatic nitrogens is 1. The van der Waals surface area contributed by atoms with Gasteiger partial charge in [-0.3, -0.25) is 9.69 Å². The highest BCUT2D eigenvalue weighted by molar-refractivity contribution is 5.73. The predicted molar refractivity (Wildman–Crippen MR) is 93.6 cm³/mol. The van der Waals surface area contributed by atoms with Crippen molar-refractivity contribution in [1.82, 2.24) is 14.8 Å². The van der Waals surface area contributed by atoms with E-state index in [9.17, 15) is 4.79 Å². The van der Waals surface area contributed by atoms with E-state index in [1.807, 2.05) is 4.90 Å². The fraction of sp³-hybridized carbons (Fsp3) is 0.684. The van der Waals surface area contributed by atoms with E-state index in [0.717, 1.165) is 25.3 Å². The zero-order valence-electron chi connectivity index (χ0n) is 15.1. The van der Waals surface area contributed by atoms with Crippen LogP contribution in [0.15, 0.2) is 22.8 Å². The van der Waals surface area contributed by atoms with Crippen molar-refractivity contribution in [2.75, 3.05) is 13.1 Å². The van der Waals surface area contributed by atoms with Gasteiger partial charge in [0.2, 0.25) is 11.8 Å². The van der Waals surface area contributed by atoms with Crippen LogP contribution in [0.25, 0.3) is 0 Å². The first-order valence-electron chi connectivity index (χ1n) is 9.17.